The largest absolute Gasteiger partial charge is 0.444 e. The summed E-state index contributed by atoms with van der Waals surface area (Å²) in [7, 11) is 3.96. The molecule has 1 unspecified atom stereocenters. The van der Waals surface area contributed by atoms with E-state index in [0.29, 0.717) is 48.6 Å². The van der Waals surface area contributed by atoms with Crippen molar-refractivity contribution in [3.63, 3.8) is 0 Å². The van der Waals surface area contributed by atoms with Gasteiger partial charge in [-0.2, -0.15) is 5.10 Å². The highest BCUT2D eigenvalue weighted by Crippen LogP contribution is 2.36. The minimum atomic E-state index is -2.87. The number of rotatable bonds is 14. The van der Waals surface area contributed by atoms with E-state index >= 15 is 0 Å². The van der Waals surface area contributed by atoms with Crippen LogP contribution in [0.5, 0.6) is 0 Å². The summed E-state index contributed by atoms with van der Waals surface area (Å²) < 4.78 is 38.9. The third kappa shape index (κ3) is 8.87. The minimum Gasteiger partial charge on any atom is -0.444 e. The van der Waals surface area contributed by atoms with Crippen molar-refractivity contribution in [1.29, 1.82) is 0 Å². The van der Waals surface area contributed by atoms with Crippen molar-refractivity contribution >= 4 is 40.0 Å². The maximum Gasteiger partial charge on any atom is 0.329 e. The number of Topliss-reactive ketones (excluding diaryl/α,β-unsaturated/α-hetero) is 2. The summed E-state index contributed by atoms with van der Waals surface area (Å²) in [4.78, 5) is 64.9. The van der Waals surface area contributed by atoms with E-state index in [1.807, 2.05) is 12.1 Å². The number of para-hydroxylation sites is 1. The molecule has 0 radical (unpaired) electrons. The molecule has 62 heavy (non-hydrogen) atoms. The average molecular weight is 853 g/mol. The third-order valence-corrected chi connectivity index (χ3v) is 13.5. The number of carbonyl (C=O) groups is 3. The Morgan fingerprint density at radius 1 is 1.00 bits per heavy atom. The number of alkyl halides is 2. The highest BCUT2D eigenvalue weighted by atomic mass is 19.3. The number of hydrogen-bond acceptors (Lipinski definition) is 11. The normalized spacial score (nSPS) is 21.7. The lowest BCUT2D eigenvalue weighted by Crippen LogP contribution is -2.44. The zero-order chi connectivity index (χ0) is 43.1. The summed E-state index contributed by atoms with van der Waals surface area (Å²) >= 11 is 0. The Labute approximate surface area is 357 Å². The van der Waals surface area contributed by atoms with Crippen molar-refractivity contribution in [2.45, 2.75) is 102 Å². The molecule has 17 heteroatoms. The molecule has 328 valence electrons. The van der Waals surface area contributed by atoms with Crippen LogP contribution < -0.4 is 16.3 Å². The summed E-state index contributed by atoms with van der Waals surface area (Å²) in [6.45, 7) is 4.34. The van der Waals surface area contributed by atoms with Gasteiger partial charge in [-0.3, -0.25) is 33.1 Å². The van der Waals surface area contributed by atoms with Gasteiger partial charge in [0.15, 0.2) is 17.2 Å². The number of oxazole rings is 1. The van der Waals surface area contributed by atoms with E-state index in [-0.39, 0.29) is 47.0 Å². The number of likely N-dealkylation sites (tertiary alicyclic amines) is 1. The molecule has 0 bridgehead atoms. The third-order valence-electron chi connectivity index (χ3n) is 13.5. The quantitative estimate of drug-likeness (QED) is 0.113. The number of ketones is 2. The Morgan fingerprint density at radius 2 is 1.77 bits per heavy atom. The topological polar surface area (TPSA) is 165 Å². The molecule has 0 spiro atoms. The zero-order valence-corrected chi connectivity index (χ0v) is 35.3. The monoisotopic (exact) mass is 852 g/mol. The molecule has 4 aromatic heterocycles. The van der Waals surface area contributed by atoms with Crippen LogP contribution in [-0.2, 0) is 23.2 Å². The second-order valence-corrected chi connectivity index (χ2v) is 17.8. The van der Waals surface area contributed by atoms with Crippen molar-refractivity contribution < 1.29 is 27.6 Å². The molecular weight excluding hydrogens is 799 g/mol. The van der Waals surface area contributed by atoms with Gasteiger partial charge in [-0.15, -0.1) is 0 Å². The smallest absolute Gasteiger partial charge is 0.329 e. The van der Waals surface area contributed by atoms with E-state index in [1.165, 1.54) is 25.3 Å². The maximum atomic E-state index is 14.2. The van der Waals surface area contributed by atoms with Crippen LogP contribution in [0.4, 0.5) is 20.3 Å². The number of fused-ring (bicyclic) bond motifs is 1. The molecule has 1 aliphatic heterocycles. The molecule has 3 aliphatic carbocycles. The molecule has 1 atom stereocenters. The molecule has 1 saturated heterocycles. The van der Waals surface area contributed by atoms with Gasteiger partial charge in [0.1, 0.15) is 17.9 Å². The van der Waals surface area contributed by atoms with Gasteiger partial charge in [0.25, 0.3) is 12.3 Å². The maximum absolute atomic E-state index is 14.2. The number of aromatic nitrogens is 6. The van der Waals surface area contributed by atoms with Gasteiger partial charge in [-0.25, -0.2) is 23.5 Å². The summed E-state index contributed by atoms with van der Waals surface area (Å²) in [5.74, 6) is 1.15. The van der Waals surface area contributed by atoms with E-state index in [1.54, 1.807) is 39.2 Å². The fraction of sp³-hybridized carbons (Fsp3) is 0.533. The van der Waals surface area contributed by atoms with Crippen LogP contribution in [-0.4, -0.2) is 95.4 Å². The first kappa shape index (κ1) is 41.8. The van der Waals surface area contributed by atoms with Crippen molar-refractivity contribution in [3.8, 4) is 11.5 Å². The molecule has 4 aliphatic rings. The summed E-state index contributed by atoms with van der Waals surface area (Å²) in [6.07, 6.45) is 10.0. The van der Waals surface area contributed by atoms with Crippen LogP contribution in [0.3, 0.4) is 0 Å². The molecule has 5 aromatic rings. The van der Waals surface area contributed by atoms with Gasteiger partial charge in [0.05, 0.1) is 35.2 Å². The number of amides is 1. The number of anilines is 2. The minimum absolute atomic E-state index is 0.0283. The van der Waals surface area contributed by atoms with E-state index in [0.717, 1.165) is 81.3 Å². The van der Waals surface area contributed by atoms with E-state index < -0.39 is 24.1 Å². The van der Waals surface area contributed by atoms with Crippen molar-refractivity contribution in [2.75, 3.05) is 43.9 Å². The van der Waals surface area contributed by atoms with Crippen LogP contribution in [0.25, 0.3) is 22.5 Å². The molecule has 9 rings (SSSR count). The highest BCUT2D eigenvalue weighted by Gasteiger charge is 2.33. The fourth-order valence-electron chi connectivity index (χ4n) is 9.77. The molecule has 3 saturated carbocycles. The number of imidazole rings is 1. The number of aryl methyl sites for hydroxylation is 1. The number of benzene rings is 1. The molecule has 4 fully saturated rings. The van der Waals surface area contributed by atoms with Gasteiger partial charge in [-0.05, 0) is 114 Å². The van der Waals surface area contributed by atoms with E-state index in [2.05, 4.69) is 48.6 Å². The molecule has 1 aromatic carbocycles. The van der Waals surface area contributed by atoms with Gasteiger partial charge >= 0.3 is 5.69 Å². The van der Waals surface area contributed by atoms with E-state index in [9.17, 15) is 28.0 Å². The molecule has 5 heterocycles. The number of halogens is 2. The predicted molar refractivity (Wildman–Crippen MR) is 228 cm³/mol. The Morgan fingerprint density at radius 3 is 2.52 bits per heavy atom. The predicted octanol–water partition coefficient (Wildman–Crippen LogP) is 6.79. The van der Waals surface area contributed by atoms with Gasteiger partial charge in [0, 0.05) is 57.1 Å². The average Bonchev–Trinajstić information content (AvgIpc) is 3.67. The van der Waals surface area contributed by atoms with Gasteiger partial charge < -0.3 is 20.0 Å². The highest BCUT2D eigenvalue weighted by molar-refractivity contribution is 6.04. The number of hydrogen-bond donors (Lipinski definition) is 2. The lowest BCUT2D eigenvalue weighted by atomic mass is 9.85. The van der Waals surface area contributed by atoms with Crippen molar-refractivity contribution in [3.05, 3.63) is 76.4 Å². The van der Waals surface area contributed by atoms with Crippen LogP contribution in [0.15, 0.2) is 58.2 Å². The first-order chi connectivity index (χ1) is 30.0. The molecule has 1 amide bonds. The van der Waals surface area contributed by atoms with Crippen LogP contribution >= 0.6 is 0 Å². The number of pyridine rings is 1. The Kier molecular flexibility index (Phi) is 11.9. The number of nitrogens with zero attached hydrogens (tertiary/aromatic N) is 8. The number of piperidine rings is 1. The number of nitrogens with one attached hydrogen (secondary N) is 2. The van der Waals surface area contributed by atoms with Gasteiger partial charge in [-0.1, -0.05) is 12.1 Å². The lowest BCUT2D eigenvalue weighted by Gasteiger charge is -2.39. The SMILES string of the molecule is CN(CC1CCC(n2cc(NC(=O)c3coc(-c4ccnc(NCC5CC5)c4)n3)c(C(F)F)n2)CC1)C1CCN(Cc2cccc3c2n(C)c(=O)n3C2CCC(=O)CC2=O)CC1. The lowest BCUT2D eigenvalue weighted by molar-refractivity contribution is -0.132. The van der Waals surface area contributed by atoms with Crippen LogP contribution in [0, 0.1) is 11.8 Å². The standard InChI is InChI=1S/C45H54F2N10O5/c1-53(31-15-18-55(19-16-31)24-30-4-3-5-37-41(30)54(2)45(61)57(37)36-13-12-33(58)21-38(36)59)23-28-8-10-32(11-9-28)56-25-34(40(52-56)42(46)47)50-43(60)35-26-62-44(51-35)29-14-17-48-39(20-29)49-22-27-6-7-27/h3-5,14,17,20,25-28,31-32,36,42H,6-13,15-16,18-19,21-24H2,1-2H3,(H,48,49)(H,50,60). The molecule has 2 N–H and O–H groups in total. The Balaban J connectivity index is 0.760. The fourth-order valence-corrected chi connectivity index (χ4v) is 9.77. The summed E-state index contributed by atoms with van der Waals surface area (Å²) in [6, 6.07) is 9.22. The van der Waals surface area contributed by atoms with Crippen molar-refractivity contribution in [1.82, 2.24) is 38.7 Å². The second kappa shape index (κ2) is 17.7. The first-order valence-corrected chi connectivity index (χ1v) is 22.0. The molecule has 15 nitrogen and oxygen atoms in total. The van der Waals surface area contributed by atoms with Crippen LogP contribution in [0.2, 0.25) is 0 Å². The second-order valence-electron chi connectivity index (χ2n) is 17.8. The van der Waals surface area contributed by atoms with Crippen LogP contribution in [0.1, 0.15) is 111 Å². The first-order valence-electron chi connectivity index (χ1n) is 22.0. The van der Waals surface area contributed by atoms with Crippen molar-refractivity contribution in [2.24, 2.45) is 18.9 Å². The zero-order valence-electron chi connectivity index (χ0n) is 35.3. The number of carbonyl (C=O) groups excluding carboxylic acids is 3. The summed E-state index contributed by atoms with van der Waals surface area (Å²) in [5.41, 5.74) is 2.52. The summed E-state index contributed by atoms with van der Waals surface area (Å²) in [5, 5.41) is 10.2. The molecular formula is C45H54F2N10O5. The Bertz CT molecular complexity index is 2510. The van der Waals surface area contributed by atoms with E-state index in [4.69, 9.17) is 4.42 Å². The van der Waals surface area contributed by atoms with Gasteiger partial charge in [0.2, 0.25) is 5.89 Å². The Hall–Kier alpha value is -5.55.